The third kappa shape index (κ3) is 3.72. The highest BCUT2D eigenvalue weighted by atomic mass is 16.2. The third-order valence-electron chi connectivity index (χ3n) is 5.57. The summed E-state index contributed by atoms with van der Waals surface area (Å²) in [7, 11) is 0. The van der Waals surface area contributed by atoms with Crippen LogP contribution in [0.5, 0.6) is 0 Å². The largest absolute Gasteiger partial charge is 0.350 e. The highest BCUT2D eigenvalue weighted by molar-refractivity contribution is 5.79. The molecule has 1 amide bonds. The molecule has 0 spiro atoms. The van der Waals surface area contributed by atoms with Crippen LogP contribution < -0.4 is 11.0 Å². The van der Waals surface area contributed by atoms with E-state index >= 15 is 0 Å². The van der Waals surface area contributed by atoms with Crippen molar-refractivity contribution in [2.75, 3.05) is 0 Å². The van der Waals surface area contributed by atoms with E-state index in [4.69, 9.17) is 0 Å². The molecular weight excluding hydrogens is 352 g/mol. The van der Waals surface area contributed by atoms with Gasteiger partial charge in [0.1, 0.15) is 6.54 Å². The number of hydrogen-bond acceptors (Lipinski definition) is 3. The van der Waals surface area contributed by atoms with Crippen LogP contribution in [-0.4, -0.2) is 20.0 Å². The molecule has 1 aliphatic rings. The summed E-state index contributed by atoms with van der Waals surface area (Å²) in [6, 6.07) is 11.9. The van der Waals surface area contributed by atoms with E-state index in [9.17, 15) is 9.59 Å². The van der Waals surface area contributed by atoms with Crippen LogP contribution in [0.2, 0.25) is 0 Å². The van der Waals surface area contributed by atoms with Crippen molar-refractivity contribution in [3.8, 4) is 0 Å². The van der Waals surface area contributed by atoms with Crippen molar-refractivity contribution in [1.29, 1.82) is 0 Å². The number of aryl methyl sites for hydroxylation is 1. The van der Waals surface area contributed by atoms with E-state index in [1.165, 1.54) is 12.0 Å². The molecule has 2 aromatic heterocycles. The number of fused-ring (bicyclic) bond motifs is 1. The summed E-state index contributed by atoms with van der Waals surface area (Å²) < 4.78 is 3.36. The molecule has 3 aromatic rings. The topological polar surface area (TPSA) is 68.9 Å². The Morgan fingerprint density at radius 1 is 1.14 bits per heavy atom. The van der Waals surface area contributed by atoms with E-state index in [-0.39, 0.29) is 24.2 Å². The van der Waals surface area contributed by atoms with Crippen molar-refractivity contribution in [3.63, 3.8) is 0 Å². The highest BCUT2D eigenvalue weighted by Crippen LogP contribution is 2.29. The van der Waals surface area contributed by atoms with Gasteiger partial charge in [0.15, 0.2) is 5.65 Å². The summed E-state index contributed by atoms with van der Waals surface area (Å²) in [5.41, 5.74) is 3.50. The Hall–Kier alpha value is -2.89. The normalized spacial score (nSPS) is 15.0. The maximum absolute atomic E-state index is 13.1. The van der Waals surface area contributed by atoms with Gasteiger partial charge in [-0.15, -0.1) is 0 Å². The summed E-state index contributed by atoms with van der Waals surface area (Å²) in [6.45, 7) is 2.49. The molecule has 0 radical (unpaired) electrons. The highest BCUT2D eigenvalue weighted by Gasteiger charge is 2.23. The standard InChI is InChI=1S/C22H26N4O2/c1-16-9-11-17(12-10-16)14-24-20(27)15-25-19-8-5-13-23-21(19)26(22(25)28)18-6-3-2-4-7-18/h5,8-13,18H,2-4,6-7,14-15H2,1H3,(H,24,27). The van der Waals surface area contributed by atoms with Crippen LogP contribution in [0.4, 0.5) is 0 Å². The van der Waals surface area contributed by atoms with Crippen molar-refractivity contribution in [1.82, 2.24) is 19.4 Å². The smallest absolute Gasteiger partial charge is 0.331 e. The van der Waals surface area contributed by atoms with Crippen LogP contribution in [0, 0.1) is 6.92 Å². The lowest BCUT2D eigenvalue weighted by Crippen LogP contribution is -2.34. The molecule has 4 rings (SSSR count). The van der Waals surface area contributed by atoms with Gasteiger partial charge in [0.2, 0.25) is 5.91 Å². The monoisotopic (exact) mass is 378 g/mol. The van der Waals surface area contributed by atoms with Crippen LogP contribution in [0.15, 0.2) is 47.4 Å². The van der Waals surface area contributed by atoms with E-state index < -0.39 is 0 Å². The minimum atomic E-state index is -0.172. The second-order valence-corrected chi connectivity index (χ2v) is 7.64. The first-order chi connectivity index (χ1) is 13.6. The van der Waals surface area contributed by atoms with Crippen LogP contribution in [0.3, 0.4) is 0 Å². The number of rotatable bonds is 5. The minimum Gasteiger partial charge on any atom is -0.350 e. The molecule has 1 aromatic carbocycles. The maximum Gasteiger partial charge on any atom is 0.331 e. The summed E-state index contributed by atoms with van der Waals surface area (Å²) in [4.78, 5) is 30.1. The van der Waals surface area contributed by atoms with Crippen LogP contribution in [-0.2, 0) is 17.9 Å². The van der Waals surface area contributed by atoms with Crippen molar-refractivity contribution >= 4 is 17.1 Å². The average Bonchev–Trinajstić information content (AvgIpc) is 3.00. The van der Waals surface area contributed by atoms with Gasteiger partial charge in [-0.2, -0.15) is 0 Å². The summed E-state index contributed by atoms with van der Waals surface area (Å²) in [6.07, 6.45) is 7.19. The summed E-state index contributed by atoms with van der Waals surface area (Å²) >= 11 is 0. The molecular formula is C22H26N4O2. The Balaban J connectivity index is 1.56. The molecule has 6 heteroatoms. The Morgan fingerprint density at radius 2 is 1.89 bits per heavy atom. The molecule has 0 unspecified atom stereocenters. The van der Waals surface area contributed by atoms with E-state index in [0.29, 0.717) is 12.2 Å². The summed E-state index contributed by atoms with van der Waals surface area (Å²) in [5.74, 6) is -0.172. The predicted molar refractivity (Wildman–Crippen MR) is 109 cm³/mol. The quantitative estimate of drug-likeness (QED) is 0.740. The van der Waals surface area contributed by atoms with Gasteiger partial charge in [-0.25, -0.2) is 9.78 Å². The zero-order valence-electron chi connectivity index (χ0n) is 16.2. The van der Waals surface area contributed by atoms with Crippen molar-refractivity contribution in [2.45, 2.75) is 58.2 Å². The van der Waals surface area contributed by atoms with Gasteiger partial charge >= 0.3 is 5.69 Å². The van der Waals surface area contributed by atoms with E-state index in [2.05, 4.69) is 10.3 Å². The predicted octanol–water partition coefficient (Wildman–Crippen LogP) is 3.33. The first-order valence-corrected chi connectivity index (χ1v) is 10.0. The van der Waals surface area contributed by atoms with Crippen LogP contribution >= 0.6 is 0 Å². The molecule has 1 saturated carbocycles. The van der Waals surface area contributed by atoms with E-state index in [1.54, 1.807) is 10.8 Å². The maximum atomic E-state index is 13.1. The third-order valence-corrected chi connectivity index (χ3v) is 5.57. The lowest BCUT2D eigenvalue weighted by molar-refractivity contribution is -0.121. The van der Waals surface area contributed by atoms with Crippen molar-refractivity contribution in [3.05, 3.63) is 64.2 Å². The first kappa shape index (κ1) is 18.5. The summed E-state index contributed by atoms with van der Waals surface area (Å²) in [5, 5.41) is 2.92. The number of imidazole rings is 1. The molecule has 0 atom stereocenters. The number of aromatic nitrogens is 3. The fraction of sp³-hybridized carbons (Fsp3) is 0.409. The number of carbonyl (C=O) groups is 1. The Labute approximate surface area is 164 Å². The number of amides is 1. The second-order valence-electron chi connectivity index (χ2n) is 7.64. The Morgan fingerprint density at radius 3 is 2.64 bits per heavy atom. The van der Waals surface area contributed by atoms with Crippen molar-refractivity contribution in [2.24, 2.45) is 0 Å². The van der Waals surface area contributed by atoms with Gasteiger partial charge in [-0.05, 0) is 37.5 Å². The second kappa shape index (κ2) is 8.00. The first-order valence-electron chi connectivity index (χ1n) is 10.0. The van der Waals surface area contributed by atoms with Crippen molar-refractivity contribution < 1.29 is 4.79 Å². The lowest BCUT2D eigenvalue weighted by Gasteiger charge is -2.22. The van der Waals surface area contributed by atoms with Gasteiger partial charge in [-0.3, -0.25) is 13.9 Å². The molecule has 1 N–H and O–H groups in total. The van der Waals surface area contributed by atoms with Gasteiger partial charge in [0.05, 0.1) is 5.52 Å². The van der Waals surface area contributed by atoms with E-state index in [1.807, 2.05) is 47.9 Å². The fourth-order valence-electron chi connectivity index (χ4n) is 4.04. The van der Waals surface area contributed by atoms with Crippen LogP contribution in [0.1, 0.15) is 49.3 Å². The zero-order chi connectivity index (χ0) is 19.5. The molecule has 1 fully saturated rings. The fourth-order valence-corrected chi connectivity index (χ4v) is 4.04. The molecule has 146 valence electrons. The Kier molecular flexibility index (Phi) is 5.28. The molecule has 28 heavy (non-hydrogen) atoms. The Bertz CT molecular complexity index is 1030. The SMILES string of the molecule is Cc1ccc(CNC(=O)Cn2c(=O)n(C3CCCCC3)c3ncccc32)cc1. The number of nitrogens with zero attached hydrogens (tertiary/aromatic N) is 3. The minimum absolute atomic E-state index is 0.00656. The number of hydrogen-bond donors (Lipinski definition) is 1. The van der Waals surface area contributed by atoms with E-state index in [0.717, 1.165) is 36.8 Å². The molecule has 0 bridgehead atoms. The molecule has 0 saturated heterocycles. The van der Waals surface area contributed by atoms with Gasteiger partial charge in [0, 0.05) is 18.8 Å². The molecule has 6 nitrogen and oxygen atoms in total. The van der Waals surface area contributed by atoms with Crippen LogP contribution in [0.25, 0.3) is 11.2 Å². The van der Waals surface area contributed by atoms with Gasteiger partial charge < -0.3 is 5.32 Å². The van der Waals surface area contributed by atoms with Gasteiger partial charge in [0.25, 0.3) is 0 Å². The van der Waals surface area contributed by atoms with Gasteiger partial charge in [-0.1, -0.05) is 49.1 Å². The lowest BCUT2D eigenvalue weighted by atomic mass is 9.95. The number of pyridine rings is 1. The number of benzene rings is 1. The average molecular weight is 378 g/mol. The number of carbonyl (C=O) groups excluding carboxylic acids is 1. The molecule has 1 aliphatic carbocycles. The zero-order valence-corrected chi connectivity index (χ0v) is 16.2. The number of nitrogens with one attached hydrogen (secondary N) is 1. The molecule has 2 heterocycles. The molecule has 0 aliphatic heterocycles.